The Bertz CT molecular complexity index is 276. The maximum Gasteiger partial charge on any atom is 0.804 e. The summed E-state index contributed by atoms with van der Waals surface area (Å²) in [5, 5.41) is 0. The van der Waals surface area contributed by atoms with E-state index in [1.54, 1.807) is 24.3 Å². The normalized spacial score (nSPS) is 9.38. The number of rotatable bonds is 4. The molecule has 0 N–H and O–H groups in total. The first-order chi connectivity index (χ1) is 5.83. The second kappa shape index (κ2) is 6.74. The van der Waals surface area contributed by atoms with Crippen molar-refractivity contribution < 1.29 is 13.6 Å². The molecule has 0 aliphatic rings. The van der Waals surface area contributed by atoms with Crippen molar-refractivity contribution in [3.8, 4) is 5.75 Å². The molecular weight excluding hydrogens is 182 g/mol. The van der Waals surface area contributed by atoms with E-state index in [0.717, 1.165) is 6.26 Å². The van der Waals surface area contributed by atoms with E-state index in [0.29, 0.717) is 5.75 Å². The predicted molar refractivity (Wildman–Crippen MR) is 51.7 cm³/mol. The zero-order valence-electron chi connectivity index (χ0n) is 7.34. The van der Waals surface area contributed by atoms with Gasteiger partial charge in [-0.2, -0.15) is 0 Å². The molecule has 3 nitrogen and oxygen atoms in total. The minimum atomic E-state index is -2.12. The van der Waals surface area contributed by atoms with Gasteiger partial charge in [0.05, 0.1) is 0 Å². The standard InChI is InChI=1S/C8H8O3P.Li/c1-2-10-12(9)11-8-6-4-3-5-7-8;/h2-7H,1H2;/q+1;. The summed E-state index contributed by atoms with van der Waals surface area (Å²) >= 11 is 0. The Labute approximate surface area is 89.9 Å². The maximum absolute atomic E-state index is 10.8. The minimum Gasteiger partial charge on any atom is -0.231 e. The number of para-hydroxylation sites is 1. The first-order valence-electron chi connectivity index (χ1n) is 3.31. The van der Waals surface area contributed by atoms with Crippen LogP contribution in [0, 0.1) is 0 Å². The van der Waals surface area contributed by atoms with Crippen molar-refractivity contribution in [1.82, 2.24) is 0 Å². The monoisotopic (exact) mass is 190 g/mol. The van der Waals surface area contributed by atoms with E-state index < -0.39 is 8.25 Å². The van der Waals surface area contributed by atoms with Gasteiger partial charge in [0.25, 0.3) is 0 Å². The minimum absolute atomic E-state index is 0. The average Bonchev–Trinajstić information content (AvgIpc) is 2.06. The van der Waals surface area contributed by atoms with Crippen LogP contribution in [-0.2, 0) is 9.09 Å². The Balaban J connectivity index is 0.00000144. The van der Waals surface area contributed by atoms with E-state index >= 15 is 0 Å². The van der Waals surface area contributed by atoms with Crippen LogP contribution in [0.3, 0.4) is 0 Å². The molecule has 63 valence electrons. The third-order valence-electron chi connectivity index (χ3n) is 1.08. The molecule has 0 fully saturated rings. The average molecular weight is 190 g/mol. The van der Waals surface area contributed by atoms with E-state index in [1.807, 2.05) is 6.07 Å². The Hall–Kier alpha value is -0.743. The third-order valence-corrected chi connectivity index (χ3v) is 1.76. The van der Waals surface area contributed by atoms with Gasteiger partial charge in [0.2, 0.25) is 0 Å². The Morgan fingerprint density at radius 1 is 1.31 bits per heavy atom. The molecule has 1 unspecified atom stereocenters. The molecule has 0 spiro atoms. The fourth-order valence-corrected chi connectivity index (χ4v) is 1.11. The summed E-state index contributed by atoms with van der Waals surface area (Å²) in [6.45, 7) is 3.26. The molecule has 1 aromatic rings. The van der Waals surface area contributed by atoms with Crippen LogP contribution in [0.1, 0.15) is 0 Å². The Morgan fingerprint density at radius 2 is 1.92 bits per heavy atom. The first kappa shape index (κ1) is 12.3. The van der Waals surface area contributed by atoms with Gasteiger partial charge in [-0.25, -0.2) is 9.05 Å². The van der Waals surface area contributed by atoms with Gasteiger partial charge >= 0.3 is 8.25 Å². The van der Waals surface area contributed by atoms with E-state index in [-0.39, 0.29) is 18.9 Å². The topological polar surface area (TPSA) is 35.5 Å². The van der Waals surface area contributed by atoms with Crippen LogP contribution in [-0.4, -0.2) is 18.9 Å². The summed E-state index contributed by atoms with van der Waals surface area (Å²) in [5.74, 6) is 0.514. The molecule has 1 atom stereocenters. The molecule has 0 saturated heterocycles. The van der Waals surface area contributed by atoms with Gasteiger partial charge in [-0.3, -0.25) is 0 Å². The van der Waals surface area contributed by atoms with Crippen molar-refractivity contribution in [2.75, 3.05) is 0 Å². The molecular formula is C8H8LiO3P+. The van der Waals surface area contributed by atoms with Crippen molar-refractivity contribution in [1.29, 1.82) is 0 Å². The zero-order chi connectivity index (χ0) is 8.81. The molecule has 0 amide bonds. The van der Waals surface area contributed by atoms with Gasteiger partial charge in [0.15, 0.2) is 5.75 Å². The summed E-state index contributed by atoms with van der Waals surface area (Å²) in [6, 6.07) is 8.80. The van der Waals surface area contributed by atoms with E-state index in [1.165, 1.54) is 0 Å². The second-order valence-electron chi connectivity index (χ2n) is 1.90. The van der Waals surface area contributed by atoms with Crippen LogP contribution >= 0.6 is 8.25 Å². The largest absolute Gasteiger partial charge is 0.804 e. The van der Waals surface area contributed by atoms with Gasteiger partial charge < -0.3 is 0 Å². The maximum atomic E-state index is 10.8. The quantitative estimate of drug-likeness (QED) is 0.415. The van der Waals surface area contributed by atoms with Crippen molar-refractivity contribution in [3.63, 3.8) is 0 Å². The number of benzene rings is 1. The summed E-state index contributed by atoms with van der Waals surface area (Å²) in [6.07, 6.45) is 1.08. The van der Waals surface area contributed by atoms with Gasteiger partial charge in [0.1, 0.15) is 6.26 Å². The molecule has 13 heavy (non-hydrogen) atoms. The van der Waals surface area contributed by atoms with Gasteiger partial charge in [-0.15, -0.1) is 0 Å². The van der Waals surface area contributed by atoms with Crippen molar-refractivity contribution >= 4 is 27.1 Å². The molecule has 1 aromatic carbocycles. The fraction of sp³-hybridized carbons (Fsp3) is 0. The van der Waals surface area contributed by atoms with Crippen LogP contribution in [0.25, 0.3) is 0 Å². The molecule has 1 radical (unpaired) electrons. The Kier molecular flexibility index (Phi) is 6.35. The first-order valence-corrected chi connectivity index (χ1v) is 4.40. The van der Waals surface area contributed by atoms with E-state index in [4.69, 9.17) is 4.52 Å². The summed E-state index contributed by atoms with van der Waals surface area (Å²) < 4.78 is 20.2. The summed E-state index contributed by atoms with van der Waals surface area (Å²) in [4.78, 5) is 0. The van der Waals surface area contributed by atoms with Crippen LogP contribution in [0.5, 0.6) is 5.75 Å². The van der Waals surface area contributed by atoms with E-state index in [9.17, 15) is 4.57 Å². The van der Waals surface area contributed by atoms with Crippen LogP contribution in [0.4, 0.5) is 0 Å². The Morgan fingerprint density at radius 3 is 2.46 bits per heavy atom. The van der Waals surface area contributed by atoms with Crippen LogP contribution in [0.15, 0.2) is 43.2 Å². The smallest absolute Gasteiger partial charge is 0.231 e. The van der Waals surface area contributed by atoms with Crippen molar-refractivity contribution in [3.05, 3.63) is 43.2 Å². The number of hydrogen-bond donors (Lipinski definition) is 0. The van der Waals surface area contributed by atoms with Crippen molar-refractivity contribution in [2.45, 2.75) is 0 Å². The molecule has 0 aliphatic carbocycles. The SMILES string of the molecule is C=CO[P+](=O)Oc1ccccc1.[Li]. The van der Waals surface area contributed by atoms with Crippen LogP contribution < -0.4 is 4.52 Å². The fourth-order valence-electron chi connectivity index (χ4n) is 0.650. The molecule has 0 aromatic heterocycles. The van der Waals surface area contributed by atoms with Crippen molar-refractivity contribution in [2.24, 2.45) is 0 Å². The van der Waals surface area contributed by atoms with Crippen LogP contribution in [0.2, 0.25) is 0 Å². The molecule has 0 aliphatic heterocycles. The predicted octanol–water partition coefficient (Wildman–Crippen LogP) is 2.50. The molecule has 1 rings (SSSR count). The van der Waals surface area contributed by atoms with Gasteiger partial charge in [0, 0.05) is 23.4 Å². The molecule has 0 bridgehead atoms. The molecule has 0 saturated carbocycles. The van der Waals surface area contributed by atoms with Gasteiger partial charge in [-0.1, -0.05) is 24.8 Å². The third kappa shape index (κ3) is 4.75. The zero-order valence-corrected chi connectivity index (χ0v) is 8.24. The summed E-state index contributed by atoms with van der Waals surface area (Å²) in [7, 11) is -2.12. The van der Waals surface area contributed by atoms with Gasteiger partial charge in [-0.05, 0) is 12.1 Å². The molecule has 0 heterocycles. The summed E-state index contributed by atoms with van der Waals surface area (Å²) in [5.41, 5.74) is 0. The molecule has 5 heteroatoms. The second-order valence-corrected chi connectivity index (χ2v) is 2.74. The number of hydrogen-bond acceptors (Lipinski definition) is 3. The van der Waals surface area contributed by atoms with E-state index in [2.05, 4.69) is 11.1 Å².